The van der Waals surface area contributed by atoms with Crippen molar-refractivity contribution in [3.05, 3.63) is 41.0 Å². The highest BCUT2D eigenvalue weighted by atomic mass is 35.5. The number of carbonyl (C=O) groups excluding carboxylic acids is 1. The summed E-state index contributed by atoms with van der Waals surface area (Å²) < 4.78 is 0. The molecule has 112 valence electrons. The van der Waals surface area contributed by atoms with Crippen LogP contribution < -0.4 is 0 Å². The molecule has 1 amide bonds. The number of hydrogen-bond donors (Lipinski definition) is 2. The molecule has 21 heavy (non-hydrogen) atoms. The van der Waals surface area contributed by atoms with Crippen LogP contribution in [0, 0.1) is 0 Å². The third kappa shape index (κ3) is 3.83. The highest BCUT2D eigenvalue weighted by Gasteiger charge is 2.23. The van der Waals surface area contributed by atoms with Crippen molar-refractivity contribution in [1.82, 2.24) is 15.1 Å². The van der Waals surface area contributed by atoms with Gasteiger partial charge in [-0.1, -0.05) is 23.7 Å². The molecule has 1 aromatic carbocycles. The fourth-order valence-electron chi connectivity index (χ4n) is 2.14. The molecular formula is C15H18ClN3O2. The Morgan fingerprint density at radius 2 is 2.00 bits per heavy atom. The number of aliphatic hydroxyl groups is 1. The third-order valence-electron chi connectivity index (χ3n) is 2.97. The molecule has 0 atom stereocenters. The van der Waals surface area contributed by atoms with E-state index in [1.165, 1.54) is 11.1 Å². The number of aromatic nitrogens is 2. The molecule has 2 aromatic rings. The SMILES string of the molecule is CN(CC(C)(C)O)C(=O)c1cn[nH]c1-c1ccc(Cl)cc1. The summed E-state index contributed by atoms with van der Waals surface area (Å²) in [4.78, 5) is 13.9. The Labute approximate surface area is 128 Å². The van der Waals surface area contributed by atoms with Gasteiger partial charge in [-0.3, -0.25) is 9.89 Å². The van der Waals surface area contributed by atoms with Crippen LogP contribution in [0.2, 0.25) is 5.02 Å². The van der Waals surface area contributed by atoms with Crippen LogP contribution in [0.15, 0.2) is 30.5 Å². The average Bonchev–Trinajstić information content (AvgIpc) is 2.85. The van der Waals surface area contributed by atoms with Crippen LogP contribution >= 0.6 is 11.6 Å². The van der Waals surface area contributed by atoms with Crippen molar-refractivity contribution in [2.45, 2.75) is 19.4 Å². The van der Waals surface area contributed by atoms with Crippen molar-refractivity contribution < 1.29 is 9.90 Å². The Hall–Kier alpha value is -1.85. The first-order chi connectivity index (χ1) is 9.78. The van der Waals surface area contributed by atoms with E-state index in [2.05, 4.69) is 10.2 Å². The normalized spacial score (nSPS) is 11.5. The number of H-pyrrole nitrogens is 1. The second-order valence-electron chi connectivity index (χ2n) is 5.64. The van der Waals surface area contributed by atoms with Gasteiger partial charge >= 0.3 is 0 Å². The second-order valence-corrected chi connectivity index (χ2v) is 6.08. The zero-order valence-electron chi connectivity index (χ0n) is 12.2. The van der Waals surface area contributed by atoms with E-state index >= 15 is 0 Å². The first kappa shape index (κ1) is 15.5. The van der Waals surface area contributed by atoms with Crippen molar-refractivity contribution in [3.8, 4) is 11.3 Å². The fourth-order valence-corrected chi connectivity index (χ4v) is 2.27. The second kappa shape index (κ2) is 5.87. The summed E-state index contributed by atoms with van der Waals surface area (Å²) in [6.07, 6.45) is 1.49. The molecule has 0 aliphatic rings. The van der Waals surface area contributed by atoms with E-state index in [1.54, 1.807) is 33.0 Å². The monoisotopic (exact) mass is 307 g/mol. The summed E-state index contributed by atoms with van der Waals surface area (Å²) in [6.45, 7) is 3.55. The van der Waals surface area contributed by atoms with Gasteiger partial charge in [0, 0.05) is 24.2 Å². The molecule has 0 bridgehead atoms. The molecule has 1 heterocycles. The first-order valence-electron chi connectivity index (χ1n) is 6.55. The number of amides is 1. The summed E-state index contributed by atoms with van der Waals surface area (Å²) >= 11 is 5.87. The lowest BCUT2D eigenvalue weighted by molar-refractivity contribution is 0.0368. The summed E-state index contributed by atoms with van der Waals surface area (Å²) in [7, 11) is 1.65. The van der Waals surface area contributed by atoms with Crippen LogP contribution in [0.4, 0.5) is 0 Å². The Kier molecular flexibility index (Phi) is 4.34. The maximum absolute atomic E-state index is 12.5. The average molecular weight is 308 g/mol. The minimum atomic E-state index is -0.950. The van der Waals surface area contributed by atoms with E-state index in [9.17, 15) is 9.90 Å². The molecule has 6 heteroatoms. The van der Waals surface area contributed by atoms with Crippen molar-refractivity contribution >= 4 is 17.5 Å². The van der Waals surface area contributed by atoms with Gasteiger partial charge < -0.3 is 10.0 Å². The minimum absolute atomic E-state index is 0.198. The van der Waals surface area contributed by atoms with Crippen molar-refractivity contribution in [1.29, 1.82) is 0 Å². The van der Waals surface area contributed by atoms with Crippen LogP contribution in [0.1, 0.15) is 24.2 Å². The molecule has 5 nitrogen and oxygen atoms in total. The van der Waals surface area contributed by atoms with Crippen LogP contribution in [-0.4, -0.2) is 45.3 Å². The highest BCUT2D eigenvalue weighted by Crippen LogP contribution is 2.24. The Morgan fingerprint density at radius 3 is 2.57 bits per heavy atom. The standard InChI is InChI=1S/C15H18ClN3O2/c1-15(2,21)9-19(3)14(20)12-8-17-18-13(12)10-4-6-11(16)7-5-10/h4-8,21H,9H2,1-3H3,(H,17,18). The van der Waals surface area contributed by atoms with Gasteiger partial charge in [-0.05, 0) is 26.0 Å². The number of nitrogens with zero attached hydrogens (tertiary/aromatic N) is 2. The summed E-state index contributed by atoms with van der Waals surface area (Å²) in [6, 6.07) is 7.16. The molecule has 0 spiro atoms. The van der Waals surface area contributed by atoms with Gasteiger partial charge in [-0.25, -0.2) is 0 Å². The zero-order valence-corrected chi connectivity index (χ0v) is 13.0. The highest BCUT2D eigenvalue weighted by molar-refractivity contribution is 6.30. The van der Waals surface area contributed by atoms with Gasteiger partial charge in [0.25, 0.3) is 5.91 Å². The topological polar surface area (TPSA) is 69.2 Å². The largest absolute Gasteiger partial charge is 0.389 e. The molecule has 0 unspecified atom stereocenters. The molecule has 2 N–H and O–H groups in total. The first-order valence-corrected chi connectivity index (χ1v) is 6.93. The third-order valence-corrected chi connectivity index (χ3v) is 3.23. The molecule has 0 fully saturated rings. The van der Waals surface area contributed by atoms with Gasteiger partial charge in [-0.2, -0.15) is 5.10 Å². The summed E-state index contributed by atoms with van der Waals surface area (Å²) in [5, 5.41) is 17.2. The van der Waals surface area contributed by atoms with Crippen molar-refractivity contribution in [2.24, 2.45) is 0 Å². The van der Waals surface area contributed by atoms with Crippen molar-refractivity contribution in [3.63, 3.8) is 0 Å². The molecule has 0 saturated heterocycles. The lowest BCUT2D eigenvalue weighted by Gasteiger charge is -2.25. The quantitative estimate of drug-likeness (QED) is 0.912. The van der Waals surface area contributed by atoms with Gasteiger partial charge in [0.05, 0.1) is 23.1 Å². The summed E-state index contributed by atoms with van der Waals surface area (Å²) in [5.41, 5.74) is 0.981. The lowest BCUT2D eigenvalue weighted by atomic mass is 10.1. The smallest absolute Gasteiger partial charge is 0.257 e. The number of halogens is 1. The zero-order chi connectivity index (χ0) is 15.6. The number of aromatic amines is 1. The van der Waals surface area contributed by atoms with Crippen LogP contribution in [0.5, 0.6) is 0 Å². The number of likely N-dealkylation sites (N-methyl/N-ethyl adjacent to an activating group) is 1. The Morgan fingerprint density at radius 1 is 1.38 bits per heavy atom. The molecule has 0 aliphatic carbocycles. The van der Waals surface area contributed by atoms with E-state index < -0.39 is 5.60 Å². The predicted octanol–water partition coefficient (Wildman–Crippen LogP) is 2.57. The number of hydrogen-bond acceptors (Lipinski definition) is 3. The Balaban J connectivity index is 2.28. The lowest BCUT2D eigenvalue weighted by Crippen LogP contribution is -2.39. The van der Waals surface area contributed by atoms with E-state index in [1.807, 2.05) is 12.1 Å². The fraction of sp³-hybridized carbons (Fsp3) is 0.333. The van der Waals surface area contributed by atoms with E-state index in [-0.39, 0.29) is 12.5 Å². The molecule has 1 aromatic heterocycles. The van der Waals surface area contributed by atoms with Gasteiger partial charge in [-0.15, -0.1) is 0 Å². The van der Waals surface area contributed by atoms with Crippen LogP contribution in [0.25, 0.3) is 11.3 Å². The predicted molar refractivity (Wildman–Crippen MR) is 82.3 cm³/mol. The minimum Gasteiger partial charge on any atom is -0.389 e. The molecule has 0 radical (unpaired) electrons. The molecule has 0 saturated carbocycles. The van der Waals surface area contributed by atoms with E-state index in [4.69, 9.17) is 11.6 Å². The maximum atomic E-state index is 12.5. The Bertz CT molecular complexity index is 629. The van der Waals surface area contributed by atoms with Gasteiger partial charge in [0.2, 0.25) is 0 Å². The number of nitrogens with one attached hydrogen (secondary N) is 1. The van der Waals surface area contributed by atoms with E-state index in [0.717, 1.165) is 5.56 Å². The molecular weight excluding hydrogens is 290 g/mol. The van der Waals surface area contributed by atoms with E-state index in [0.29, 0.717) is 16.3 Å². The van der Waals surface area contributed by atoms with Crippen molar-refractivity contribution in [2.75, 3.05) is 13.6 Å². The van der Waals surface area contributed by atoms with Gasteiger partial charge in [0.15, 0.2) is 0 Å². The number of rotatable bonds is 4. The maximum Gasteiger partial charge on any atom is 0.257 e. The van der Waals surface area contributed by atoms with Gasteiger partial charge in [0.1, 0.15) is 0 Å². The molecule has 2 rings (SSSR count). The van der Waals surface area contributed by atoms with Crippen LogP contribution in [0.3, 0.4) is 0 Å². The number of benzene rings is 1. The van der Waals surface area contributed by atoms with Crippen LogP contribution in [-0.2, 0) is 0 Å². The molecule has 0 aliphatic heterocycles. The number of carbonyl (C=O) groups is 1. The summed E-state index contributed by atoms with van der Waals surface area (Å²) in [5.74, 6) is -0.198.